The second kappa shape index (κ2) is 3.58. The van der Waals surface area contributed by atoms with E-state index in [1.165, 1.54) is 19.3 Å². The van der Waals surface area contributed by atoms with Gasteiger partial charge < -0.3 is 10.4 Å². The molecule has 0 aromatic carbocycles. The first kappa shape index (κ1) is 8.27. The quantitative estimate of drug-likeness (QED) is 0.572. The van der Waals surface area contributed by atoms with Crippen molar-refractivity contribution in [3.8, 4) is 0 Å². The maximum Gasteiger partial charge on any atom is 0.0586 e. The lowest BCUT2D eigenvalue weighted by molar-refractivity contribution is 0.0591. The van der Waals surface area contributed by atoms with Crippen molar-refractivity contribution in [1.29, 1.82) is 0 Å². The Bertz CT molecular complexity index is 179. The van der Waals surface area contributed by atoms with Crippen molar-refractivity contribution in [3.63, 3.8) is 0 Å². The van der Waals surface area contributed by atoms with E-state index < -0.39 is 0 Å². The van der Waals surface area contributed by atoms with Gasteiger partial charge in [0.2, 0.25) is 0 Å². The Morgan fingerprint density at radius 2 is 2.08 bits per heavy atom. The molecule has 3 atom stereocenters. The summed E-state index contributed by atoms with van der Waals surface area (Å²) in [4.78, 5) is 0. The zero-order valence-corrected chi connectivity index (χ0v) is 7.37. The summed E-state index contributed by atoms with van der Waals surface area (Å²) in [5.74, 6) is 0.470. The highest BCUT2D eigenvalue weighted by Gasteiger charge is 2.29. The number of nitrogens with one attached hydrogen (secondary N) is 1. The molecule has 0 aromatic rings. The van der Waals surface area contributed by atoms with E-state index >= 15 is 0 Å². The van der Waals surface area contributed by atoms with E-state index in [-0.39, 0.29) is 6.10 Å². The van der Waals surface area contributed by atoms with Gasteiger partial charge in [0.25, 0.3) is 0 Å². The van der Waals surface area contributed by atoms with Crippen LogP contribution >= 0.6 is 0 Å². The highest BCUT2D eigenvalue weighted by molar-refractivity contribution is 5.06. The highest BCUT2D eigenvalue weighted by Crippen LogP contribution is 2.28. The SMILES string of the molecule is OC1CCCCC1C1C=CCN1. The van der Waals surface area contributed by atoms with E-state index in [4.69, 9.17) is 0 Å². The van der Waals surface area contributed by atoms with Gasteiger partial charge in [0.1, 0.15) is 0 Å². The molecule has 2 heteroatoms. The summed E-state index contributed by atoms with van der Waals surface area (Å²) in [5.41, 5.74) is 0. The van der Waals surface area contributed by atoms with E-state index in [2.05, 4.69) is 17.5 Å². The monoisotopic (exact) mass is 167 g/mol. The Morgan fingerprint density at radius 3 is 2.75 bits per heavy atom. The third-order valence-electron chi connectivity index (χ3n) is 3.06. The summed E-state index contributed by atoms with van der Waals surface area (Å²) < 4.78 is 0. The van der Waals surface area contributed by atoms with Gasteiger partial charge in [-0.3, -0.25) is 0 Å². The number of hydrogen-bond acceptors (Lipinski definition) is 2. The van der Waals surface area contributed by atoms with E-state index in [1.807, 2.05) is 0 Å². The fourth-order valence-electron chi connectivity index (χ4n) is 2.34. The Labute approximate surface area is 73.7 Å². The van der Waals surface area contributed by atoms with E-state index in [9.17, 15) is 5.11 Å². The number of aliphatic hydroxyl groups is 1. The molecule has 68 valence electrons. The first-order chi connectivity index (χ1) is 5.88. The molecule has 1 aliphatic heterocycles. The minimum atomic E-state index is -0.0704. The van der Waals surface area contributed by atoms with Gasteiger partial charge in [-0.05, 0) is 12.8 Å². The summed E-state index contributed by atoms with van der Waals surface area (Å²) >= 11 is 0. The van der Waals surface area contributed by atoms with Crippen LogP contribution in [0.5, 0.6) is 0 Å². The van der Waals surface area contributed by atoms with Gasteiger partial charge in [-0.2, -0.15) is 0 Å². The Hall–Kier alpha value is -0.340. The lowest BCUT2D eigenvalue weighted by atomic mass is 9.82. The molecule has 0 saturated heterocycles. The van der Waals surface area contributed by atoms with Crippen molar-refractivity contribution in [2.75, 3.05) is 6.54 Å². The molecule has 0 bridgehead atoms. The molecule has 1 fully saturated rings. The second-order valence-electron chi connectivity index (χ2n) is 3.88. The van der Waals surface area contributed by atoms with Gasteiger partial charge in [-0.15, -0.1) is 0 Å². The van der Waals surface area contributed by atoms with Gasteiger partial charge in [0.15, 0.2) is 0 Å². The molecule has 2 nitrogen and oxygen atoms in total. The van der Waals surface area contributed by atoms with Crippen molar-refractivity contribution in [1.82, 2.24) is 5.32 Å². The van der Waals surface area contributed by atoms with Crippen molar-refractivity contribution in [2.24, 2.45) is 5.92 Å². The van der Waals surface area contributed by atoms with E-state index in [1.54, 1.807) is 0 Å². The normalized spacial score (nSPS) is 41.9. The molecule has 0 radical (unpaired) electrons. The third kappa shape index (κ3) is 1.54. The fraction of sp³-hybridized carbons (Fsp3) is 0.800. The molecule has 3 unspecified atom stereocenters. The van der Waals surface area contributed by atoms with Crippen LogP contribution in [-0.2, 0) is 0 Å². The van der Waals surface area contributed by atoms with Crippen LogP contribution in [0.15, 0.2) is 12.2 Å². The number of rotatable bonds is 1. The van der Waals surface area contributed by atoms with Gasteiger partial charge in [0, 0.05) is 18.5 Å². The summed E-state index contributed by atoms with van der Waals surface area (Å²) in [6.07, 6.45) is 8.96. The maximum absolute atomic E-state index is 9.76. The van der Waals surface area contributed by atoms with Crippen molar-refractivity contribution >= 4 is 0 Å². The standard InChI is InChI=1S/C10H17NO/c12-10-6-2-1-4-8(10)9-5-3-7-11-9/h3,5,8-12H,1-2,4,6-7H2. The average Bonchev–Trinajstić information content (AvgIpc) is 2.57. The van der Waals surface area contributed by atoms with E-state index in [0.717, 1.165) is 13.0 Å². The van der Waals surface area contributed by atoms with Crippen LogP contribution in [0.2, 0.25) is 0 Å². The predicted molar refractivity (Wildman–Crippen MR) is 48.9 cm³/mol. The Morgan fingerprint density at radius 1 is 1.25 bits per heavy atom. The fourth-order valence-corrected chi connectivity index (χ4v) is 2.34. The largest absolute Gasteiger partial charge is 0.393 e. The molecular formula is C10H17NO. The second-order valence-corrected chi connectivity index (χ2v) is 3.88. The molecule has 1 heterocycles. The molecular weight excluding hydrogens is 150 g/mol. The van der Waals surface area contributed by atoms with Crippen molar-refractivity contribution in [3.05, 3.63) is 12.2 Å². The summed E-state index contributed by atoms with van der Waals surface area (Å²) in [6, 6.07) is 0.445. The van der Waals surface area contributed by atoms with Crippen molar-refractivity contribution in [2.45, 2.75) is 37.8 Å². The molecule has 2 N–H and O–H groups in total. The zero-order chi connectivity index (χ0) is 8.39. The molecule has 2 aliphatic rings. The first-order valence-electron chi connectivity index (χ1n) is 4.96. The third-order valence-corrected chi connectivity index (χ3v) is 3.06. The molecule has 1 saturated carbocycles. The van der Waals surface area contributed by atoms with Gasteiger partial charge in [-0.1, -0.05) is 25.0 Å². The van der Waals surface area contributed by atoms with Gasteiger partial charge in [0.05, 0.1) is 6.10 Å². The number of aliphatic hydroxyl groups excluding tert-OH is 1. The number of hydrogen-bond donors (Lipinski definition) is 2. The molecule has 2 rings (SSSR count). The van der Waals surface area contributed by atoms with Crippen LogP contribution < -0.4 is 5.32 Å². The van der Waals surface area contributed by atoms with Crippen LogP contribution in [0.25, 0.3) is 0 Å². The molecule has 1 aliphatic carbocycles. The summed E-state index contributed by atoms with van der Waals surface area (Å²) in [5, 5.41) is 13.1. The zero-order valence-electron chi connectivity index (χ0n) is 7.37. The van der Waals surface area contributed by atoms with Gasteiger partial charge >= 0.3 is 0 Å². The van der Waals surface area contributed by atoms with Crippen LogP contribution in [0.1, 0.15) is 25.7 Å². The van der Waals surface area contributed by atoms with E-state index in [0.29, 0.717) is 12.0 Å². The lowest BCUT2D eigenvalue weighted by Crippen LogP contribution is -2.39. The maximum atomic E-state index is 9.76. The molecule has 0 spiro atoms. The summed E-state index contributed by atoms with van der Waals surface area (Å²) in [6.45, 7) is 0.980. The molecule has 0 aromatic heterocycles. The minimum absolute atomic E-state index is 0.0704. The summed E-state index contributed by atoms with van der Waals surface area (Å²) in [7, 11) is 0. The molecule has 0 amide bonds. The highest BCUT2D eigenvalue weighted by atomic mass is 16.3. The van der Waals surface area contributed by atoms with Crippen LogP contribution in [0, 0.1) is 5.92 Å². The van der Waals surface area contributed by atoms with Gasteiger partial charge in [-0.25, -0.2) is 0 Å². The van der Waals surface area contributed by atoms with Crippen LogP contribution in [0.4, 0.5) is 0 Å². The predicted octanol–water partition coefficient (Wildman–Crippen LogP) is 1.07. The smallest absolute Gasteiger partial charge is 0.0586 e. The first-order valence-corrected chi connectivity index (χ1v) is 4.96. The minimum Gasteiger partial charge on any atom is -0.393 e. The Kier molecular flexibility index (Phi) is 2.47. The molecule has 12 heavy (non-hydrogen) atoms. The van der Waals surface area contributed by atoms with Crippen LogP contribution in [-0.4, -0.2) is 23.8 Å². The van der Waals surface area contributed by atoms with Crippen LogP contribution in [0.3, 0.4) is 0 Å². The topological polar surface area (TPSA) is 32.3 Å². The van der Waals surface area contributed by atoms with Crippen molar-refractivity contribution < 1.29 is 5.11 Å². The lowest BCUT2D eigenvalue weighted by Gasteiger charge is -2.31. The average molecular weight is 167 g/mol. The Balaban J connectivity index is 1.95.